The molecule has 1 aromatic rings. The van der Waals surface area contributed by atoms with Crippen LogP contribution in [0.15, 0.2) is 36.9 Å². The maximum Gasteiger partial charge on any atom is 0.0366 e. The molecule has 98 valence electrons. The van der Waals surface area contributed by atoms with Crippen molar-refractivity contribution in [1.82, 2.24) is 4.90 Å². The highest BCUT2D eigenvalue weighted by molar-refractivity contribution is 5.61. The molecule has 0 bridgehead atoms. The fraction of sp³-hybridized carbons (Fsp3) is 0.529. The average Bonchev–Trinajstić information content (AvgIpc) is 2.46. The molecular formula is C17H25N. The lowest BCUT2D eigenvalue weighted by Crippen LogP contribution is -2.32. The fourth-order valence-corrected chi connectivity index (χ4v) is 2.80. The van der Waals surface area contributed by atoms with Crippen molar-refractivity contribution in [3.05, 3.63) is 42.5 Å². The molecule has 1 aromatic carbocycles. The largest absolute Gasteiger partial charge is 0.372 e. The number of nitrogens with zero attached hydrogens (tertiary/aromatic N) is 1. The Hall–Kier alpha value is -1.24. The summed E-state index contributed by atoms with van der Waals surface area (Å²) in [6.45, 7) is 8.91. The minimum atomic E-state index is 0.949. The van der Waals surface area contributed by atoms with Crippen LogP contribution in [0.3, 0.4) is 0 Å². The van der Waals surface area contributed by atoms with Crippen LogP contribution >= 0.6 is 0 Å². The predicted octanol–water partition coefficient (Wildman–Crippen LogP) is 4.56. The van der Waals surface area contributed by atoms with E-state index in [9.17, 15) is 0 Å². The molecule has 1 fully saturated rings. The van der Waals surface area contributed by atoms with Crippen molar-refractivity contribution < 1.29 is 0 Å². The molecule has 0 aliphatic carbocycles. The summed E-state index contributed by atoms with van der Waals surface area (Å²) in [4.78, 5) is 2.46. The molecule has 0 saturated carbocycles. The van der Waals surface area contributed by atoms with Gasteiger partial charge in [-0.15, -0.1) is 0 Å². The number of rotatable bonds is 5. The van der Waals surface area contributed by atoms with Gasteiger partial charge in [-0.3, -0.25) is 0 Å². The number of hydrogen-bond donors (Lipinski definition) is 0. The molecule has 1 heteroatoms. The summed E-state index contributed by atoms with van der Waals surface area (Å²) in [7, 11) is 0. The van der Waals surface area contributed by atoms with Crippen LogP contribution in [0, 0.1) is 5.92 Å². The zero-order chi connectivity index (χ0) is 12.8. The van der Waals surface area contributed by atoms with Gasteiger partial charge in [0.1, 0.15) is 0 Å². The highest BCUT2D eigenvalue weighted by Crippen LogP contribution is 2.27. The minimum absolute atomic E-state index is 0.949. The number of likely N-dealkylation sites (tertiary alicyclic amines) is 1. The van der Waals surface area contributed by atoms with Gasteiger partial charge in [-0.25, -0.2) is 0 Å². The number of benzene rings is 1. The van der Waals surface area contributed by atoms with Gasteiger partial charge in [-0.05, 0) is 24.3 Å². The Morgan fingerprint density at radius 2 is 1.89 bits per heavy atom. The lowest BCUT2D eigenvalue weighted by molar-refractivity contribution is 0.243. The van der Waals surface area contributed by atoms with Crippen LogP contribution < -0.4 is 0 Å². The van der Waals surface area contributed by atoms with Gasteiger partial charge in [0.15, 0.2) is 0 Å². The van der Waals surface area contributed by atoms with Crippen molar-refractivity contribution in [2.24, 2.45) is 5.92 Å². The van der Waals surface area contributed by atoms with Gasteiger partial charge in [0.2, 0.25) is 0 Å². The summed E-state index contributed by atoms with van der Waals surface area (Å²) >= 11 is 0. The second kappa shape index (κ2) is 6.63. The van der Waals surface area contributed by atoms with Crippen molar-refractivity contribution in [3.8, 4) is 0 Å². The minimum Gasteiger partial charge on any atom is -0.372 e. The van der Waals surface area contributed by atoms with E-state index in [1.807, 2.05) is 0 Å². The summed E-state index contributed by atoms with van der Waals surface area (Å²) in [5.74, 6) is 0.949. The van der Waals surface area contributed by atoms with E-state index in [0.29, 0.717) is 0 Å². The topological polar surface area (TPSA) is 3.24 Å². The Morgan fingerprint density at radius 1 is 1.22 bits per heavy atom. The molecule has 0 unspecified atom stereocenters. The first-order valence-corrected chi connectivity index (χ1v) is 7.30. The van der Waals surface area contributed by atoms with Gasteiger partial charge >= 0.3 is 0 Å². The summed E-state index contributed by atoms with van der Waals surface area (Å²) in [6, 6.07) is 10.6. The second-order valence-electron chi connectivity index (χ2n) is 5.39. The molecule has 0 amide bonds. The number of unbranched alkanes of at least 4 members (excludes halogenated alkanes) is 1. The molecule has 1 heterocycles. The molecule has 1 nitrogen and oxygen atoms in total. The summed E-state index contributed by atoms with van der Waals surface area (Å²) in [5, 5.41) is 0. The monoisotopic (exact) mass is 243 g/mol. The predicted molar refractivity (Wildman–Crippen MR) is 79.3 cm³/mol. The highest BCUT2D eigenvalue weighted by atomic mass is 15.1. The summed E-state index contributed by atoms with van der Waals surface area (Å²) < 4.78 is 0. The molecular weight excluding hydrogens is 218 g/mol. The number of piperidine rings is 1. The first-order valence-electron chi connectivity index (χ1n) is 7.30. The summed E-state index contributed by atoms with van der Waals surface area (Å²) in [6.07, 6.45) is 6.82. The SMILES string of the molecule is C=C(c1ccccc1)N1CCC(CCCC)CC1. The molecule has 0 radical (unpaired) electrons. The first-order chi connectivity index (χ1) is 8.81. The van der Waals surface area contributed by atoms with E-state index in [-0.39, 0.29) is 0 Å². The maximum atomic E-state index is 4.26. The van der Waals surface area contributed by atoms with E-state index in [2.05, 4.69) is 48.7 Å². The van der Waals surface area contributed by atoms with Crippen LogP contribution in [0.5, 0.6) is 0 Å². The van der Waals surface area contributed by atoms with Crippen LogP contribution in [-0.2, 0) is 0 Å². The van der Waals surface area contributed by atoms with Crippen molar-refractivity contribution >= 4 is 5.70 Å². The normalized spacial score (nSPS) is 16.8. The van der Waals surface area contributed by atoms with E-state index in [0.717, 1.165) is 5.92 Å². The Labute approximate surface area is 112 Å². The average molecular weight is 243 g/mol. The van der Waals surface area contributed by atoms with Gasteiger partial charge in [0.05, 0.1) is 0 Å². The third kappa shape index (κ3) is 3.38. The lowest BCUT2D eigenvalue weighted by atomic mass is 9.91. The van der Waals surface area contributed by atoms with Gasteiger partial charge in [0, 0.05) is 18.8 Å². The van der Waals surface area contributed by atoms with Crippen molar-refractivity contribution in [2.75, 3.05) is 13.1 Å². The van der Waals surface area contributed by atoms with Gasteiger partial charge in [0.25, 0.3) is 0 Å². The molecule has 0 spiro atoms. The third-order valence-corrected chi connectivity index (χ3v) is 4.07. The Balaban J connectivity index is 1.84. The molecule has 1 aliphatic rings. The zero-order valence-electron chi connectivity index (χ0n) is 11.6. The van der Waals surface area contributed by atoms with Crippen molar-refractivity contribution in [2.45, 2.75) is 39.0 Å². The van der Waals surface area contributed by atoms with Crippen LogP contribution in [0.25, 0.3) is 5.70 Å². The van der Waals surface area contributed by atoms with E-state index in [1.165, 1.54) is 56.5 Å². The van der Waals surface area contributed by atoms with Crippen molar-refractivity contribution in [1.29, 1.82) is 0 Å². The zero-order valence-corrected chi connectivity index (χ0v) is 11.6. The molecule has 18 heavy (non-hydrogen) atoms. The van der Waals surface area contributed by atoms with Gasteiger partial charge in [-0.1, -0.05) is 63.1 Å². The lowest BCUT2D eigenvalue weighted by Gasteiger charge is -2.35. The standard InChI is InChI=1S/C17H25N/c1-3-4-8-16-11-13-18(14-12-16)15(2)17-9-6-5-7-10-17/h5-7,9-10,16H,2-4,8,11-14H2,1H3. The molecule has 0 N–H and O–H groups in total. The third-order valence-electron chi connectivity index (χ3n) is 4.07. The summed E-state index contributed by atoms with van der Waals surface area (Å²) in [5.41, 5.74) is 2.47. The van der Waals surface area contributed by atoms with Gasteiger partial charge < -0.3 is 4.90 Å². The maximum absolute atomic E-state index is 4.26. The molecule has 0 atom stereocenters. The van der Waals surface area contributed by atoms with Crippen molar-refractivity contribution in [3.63, 3.8) is 0 Å². The smallest absolute Gasteiger partial charge is 0.0366 e. The van der Waals surface area contributed by atoms with Gasteiger partial charge in [-0.2, -0.15) is 0 Å². The van der Waals surface area contributed by atoms with Crippen LogP contribution in [0.4, 0.5) is 0 Å². The van der Waals surface area contributed by atoms with E-state index < -0.39 is 0 Å². The Bertz CT molecular complexity index is 360. The quantitative estimate of drug-likeness (QED) is 0.733. The molecule has 2 rings (SSSR count). The highest BCUT2D eigenvalue weighted by Gasteiger charge is 2.19. The van der Waals surface area contributed by atoms with Crippen LogP contribution in [-0.4, -0.2) is 18.0 Å². The van der Waals surface area contributed by atoms with E-state index >= 15 is 0 Å². The van der Waals surface area contributed by atoms with E-state index in [4.69, 9.17) is 0 Å². The Kier molecular flexibility index (Phi) is 4.86. The number of hydrogen-bond acceptors (Lipinski definition) is 1. The van der Waals surface area contributed by atoms with E-state index in [1.54, 1.807) is 0 Å². The molecule has 1 saturated heterocycles. The second-order valence-corrected chi connectivity index (χ2v) is 5.39. The first kappa shape index (κ1) is 13.2. The molecule has 1 aliphatic heterocycles. The van der Waals surface area contributed by atoms with Crippen LogP contribution in [0.1, 0.15) is 44.6 Å². The molecule has 0 aromatic heterocycles. The Morgan fingerprint density at radius 3 is 2.50 bits per heavy atom. The fourth-order valence-electron chi connectivity index (χ4n) is 2.80. The van der Waals surface area contributed by atoms with Crippen LogP contribution in [0.2, 0.25) is 0 Å².